The van der Waals surface area contributed by atoms with Gasteiger partial charge in [-0.15, -0.1) is 0 Å². The number of nitrogens with zero attached hydrogens (tertiary/aromatic N) is 1. The maximum Gasteiger partial charge on any atom is 0.135 e. The molecule has 0 atom stereocenters. The second-order valence-electron chi connectivity index (χ2n) is 10.6. The minimum Gasteiger partial charge on any atom is -0.456 e. The van der Waals surface area contributed by atoms with Crippen molar-refractivity contribution in [2.75, 3.05) is 0 Å². The van der Waals surface area contributed by atoms with Crippen molar-refractivity contribution in [1.82, 2.24) is 4.57 Å². The van der Waals surface area contributed by atoms with Gasteiger partial charge in [-0.25, -0.2) is 0 Å². The summed E-state index contributed by atoms with van der Waals surface area (Å²) in [7, 11) is 0. The zero-order valence-corrected chi connectivity index (χ0v) is 21.6. The monoisotopic (exact) mass is 509 g/mol. The first-order valence-corrected chi connectivity index (χ1v) is 13.7. The first kappa shape index (κ1) is 21.6. The number of aromatic nitrogens is 1. The largest absolute Gasteiger partial charge is 0.456 e. The fourth-order valence-electron chi connectivity index (χ4n) is 6.49. The molecule has 0 N–H and O–H groups in total. The van der Waals surface area contributed by atoms with Crippen LogP contribution in [0.3, 0.4) is 0 Å². The molecule has 2 heteroatoms. The summed E-state index contributed by atoms with van der Waals surface area (Å²) < 4.78 is 8.71. The lowest BCUT2D eigenvalue weighted by molar-refractivity contribution is 0.487. The number of rotatable bonds is 2. The average Bonchev–Trinajstić information content (AvgIpc) is 3.33. The summed E-state index contributed by atoms with van der Waals surface area (Å²) >= 11 is 0. The Morgan fingerprint density at radius 3 is 2.15 bits per heavy atom. The molecule has 0 spiro atoms. The number of benzene rings is 7. The molecule has 186 valence electrons. The zero-order chi connectivity index (χ0) is 26.2. The van der Waals surface area contributed by atoms with E-state index in [2.05, 4.69) is 144 Å². The molecule has 2 heterocycles. The highest BCUT2D eigenvalue weighted by atomic mass is 16.5. The molecule has 0 saturated carbocycles. The molecular weight excluding hydrogens is 486 g/mol. The Labute approximate surface area is 231 Å². The Morgan fingerprint density at radius 1 is 0.425 bits per heavy atom. The number of para-hydroxylation sites is 2. The molecule has 1 aliphatic heterocycles. The standard InChI is InChI=1S/C38H23NO/c1-2-10-29(11-3-1)39-34-14-5-4-12-30(34)32-22-28-20-25(16-17-27(28)23-35(32)39)26-18-19-36-33(21-26)31-13-6-8-24-9-7-15-37(40-36)38(24)31/h1-23H. The van der Waals surface area contributed by atoms with Crippen molar-refractivity contribution in [2.24, 2.45) is 0 Å². The van der Waals surface area contributed by atoms with E-state index in [1.165, 1.54) is 65.7 Å². The summed E-state index contributed by atoms with van der Waals surface area (Å²) in [6.45, 7) is 0. The second kappa shape index (κ2) is 8.08. The molecule has 0 bridgehead atoms. The van der Waals surface area contributed by atoms with E-state index < -0.39 is 0 Å². The van der Waals surface area contributed by atoms with Crippen LogP contribution in [0.25, 0.3) is 71.3 Å². The first-order chi connectivity index (χ1) is 19.8. The number of hydrogen-bond acceptors (Lipinski definition) is 1. The molecule has 0 aliphatic carbocycles. The van der Waals surface area contributed by atoms with Gasteiger partial charge in [0.1, 0.15) is 11.5 Å². The van der Waals surface area contributed by atoms with Gasteiger partial charge in [0.05, 0.1) is 11.0 Å². The molecule has 9 rings (SSSR count). The van der Waals surface area contributed by atoms with Crippen molar-refractivity contribution in [3.05, 3.63) is 140 Å². The summed E-state index contributed by atoms with van der Waals surface area (Å²) in [4.78, 5) is 0. The molecule has 0 fully saturated rings. The molecule has 2 nitrogen and oxygen atoms in total. The van der Waals surface area contributed by atoms with Crippen LogP contribution in [0, 0.1) is 0 Å². The number of fused-ring (bicyclic) bond motifs is 6. The van der Waals surface area contributed by atoms with E-state index in [0.29, 0.717) is 0 Å². The average molecular weight is 510 g/mol. The maximum atomic E-state index is 6.34. The third-order valence-electron chi connectivity index (χ3n) is 8.33. The summed E-state index contributed by atoms with van der Waals surface area (Å²) in [5.74, 6) is 1.84. The van der Waals surface area contributed by atoms with Crippen LogP contribution in [0.4, 0.5) is 0 Å². The molecule has 40 heavy (non-hydrogen) atoms. The molecule has 8 aromatic rings. The second-order valence-corrected chi connectivity index (χ2v) is 10.6. The van der Waals surface area contributed by atoms with E-state index in [4.69, 9.17) is 4.74 Å². The normalized spacial score (nSPS) is 12.2. The van der Waals surface area contributed by atoms with Crippen molar-refractivity contribution < 1.29 is 4.74 Å². The van der Waals surface area contributed by atoms with Crippen molar-refractivity contribution >= 4 is 43.4 Å². The topological polar surface area (TPSA) is 14.2 Å². The SMILES string of the molecule is c1ccc(-n2c3ccccc3c3cc4cc(-c5ccc6c(c5)-c5cccc7cccc(c57)O6)ccc4cc32)cc1. The van der Waals surface area contributed by atoms with Crippen LogP contribution in [0.2, 0.25) is 0 Å². The van der Waals surface area contributed by atoms with Crippen molar-refractivity contribution in [2.45, 2.75) is 0 Å². The first-order valence-electron chi connectivity index (χ1n) is 13.7. The van der Waals surface area contributed by atoms with Crippen LogP contribution in [-0.2, 0) is 0 Å². The Hall–Kier alpha value is -5.34. The summed E-state index contributed by atoms with van der Waals surface area (Å²) in [6, 6.07) is 50.2. The lowest BCUT2D eigenvalue weighted by Gasteiger charge is -2.22. The van der Waals surface area contributed by atoms with Crippen LogP contribution in [0.15, 0.2) is 140 Å². The lowest BCUT2D eigenvalue weighted by Crippen LogP contribution is -1.97. The van der Waals surface area contributed by atoms with Crippen LogP contribution >= 0.6 is 0 Å². The molecule has 7 aromatic carbocycles. The van der Waals surface area contributed by atoms with Crippen molar-refractivity contribution in [3.63, 3.8) is 0 Å². The van der Waals surface area contributed by atoms with E-state index in [0.717, 1.165) is 17.1 Å². The summed E-state index contributed by atoms with van der Waals surface area (Å²) in [5.41, 5.74) is 8.39. The lowest BCUT2D eigenvalue weighted by atomic mass is 9.92. The van der Waals surface area contributed by atoms with Crippen molar-refractivity contribution in [3.8, 4) is 39.4 Å². The molecule has 0 unspecified atom stereocenters. The zero-order valence-electron chi connectivity index (χ0n) is 21.6. The highest BCUT2D eigenvalue weighted by Crippen LogP contribution is 2.47. The summed E-state index contributed by atoms with van der Waals surface area (Å²) in [5, 5.41) is 7.40. The van der Waals surface area contributed by atoms with Gasteiger partial charge in [-0.05, 0) is 87.4 Å². The van der Waals surface area contributed by atoms with Gasteiger partial charge < -0.3 is 9.30 Å². The van der Waals surface area contributed by atoms with Gasteiger partial charge in [-0.3, -0.25) is 0 Å². The minimum atomic E-state index is 0.908. The minimum absolute atomic E-state index is 0.908. The number of hydrogen-bond donors (Lipinski definition) is 0. The number of ether oxygens (including phenoxy) is 1. The molecular formula is C38H23NO. The van der Waals surface area contributed by atoms with Gasteiger partial charge in [0.25, 0.3) is 0 Å². The van der Waals surface area contributed by atoms with E-state index in [9.17, 15) is 0 Å². The fourth-order valence-corrected chi connectivity index (χ4v) is 6.49. The van der Waals surface area contributed by atoms with Crippen LogP contribution in [0.5, 0.6) is 11.5 Å². The predicted molar refractivity (Wildman–Crippen MR) is 167 cm³/mol. The summed E-state index contributed by atoms with van der Waals surface area (Å²) in [6.07, 6.45) is 0. The van der Waals surface area contributed by atoms with Crippen molar-refractivity contribution in [1.29, 1.82) is 0 Å². The van der Waals surface area contributed by atoms with E-state index >= 15 is 0 Å². The highest BCUT2D eigenvalue weighted by molar-refractivity contribution is 6.14. The fraction of sp³-hybridized carbons (Fsp3) is 0. The molecule has 1 aliphatic rings. The Morgan fingerprint density at radius 2 is 1.23 bits per heavy atom. The quantitative estimate of drug-likeness (QED) is 0.226. The molecule has 1 aromatic heterocycles. The third-order valence-corrected chi connectivity index (χ3v) is 8.33. The van der Waals surface area contributed by atoms with Gasteiger partial charge >= 0.3 is 0 Å². The van der Waals surface area contributed by atoms with Gasteiger partial charge in [-0.1, -0.05) is 84.9 Å². The molecule has 0 radical (unpaired) electrons. The molecule has 0 amide bonds. The van der Waals surface area contributed by atoms with Gasteiger partial charge in [0, 0.05) is 27.4 Å². The third kappa shape index (κ3) is 3.05. The van der Waals surface area contributed by atoms with E-state index in [-0.39, 0.29) is 0 Å². The highest BCUT2D eigenvalue weighted by Gasteiger charge is 2.20. The van der Waals surface area contributed by atoms with Crippen LogP contribution in [0.1, 0.15) is 0 Å². The van der Waals surface area contributed by atoms with Crippen LogP contribution in [-0.4, -0.2) is 4.57 Å². The van der Waals surface area contributed by atoms with Crippen LogP contribution < -0.4 is 4.74 Å². The van der Waals surface area contributed by atoms with Gasteiger partial charge in [-0.2, -0.15) is 0 Å². The van der Waals surface area contributed by atoms with E-state index in [1.807, 2.05) is 0 Å². The Kier molecular flexibility index (Phi) is 4.36. The Bertz CT molecular complexity index is 2290. The van der Waals surface area contributed by atoms with Gasteiger partial charge in [0.2, 0.25) is 0 Å². The Balaban J connectivity index is 1.23. The van der Waals surface area contributed by atoms with Gasteiger partial charge in [0.15, 0.2) is 0 Å². The predicted octanol–water partition coefficient (Wildman–Crippen LogP) is 10.5. The van der Waals surface area contributed by atoms with E-state index in [1.54, 1.807) is 0 Å². The molecule has 0 saturated heterocycles. The smallest absolute Gasteiger partial charge is 0.135 e. The maximum absolute atomic E-state index is 6.34.